The van der Waals surface area contributed by atoms with Crippen molar-refractivity contribution in [3.8, 4) is 17.3 Å². The summed E-state index contributed by atoms with van der Waals surface area (Å²) in [6.45, 7) is 0. The SMILES string of the molecule is N#Cc1c(SCC(=O)Nc2c(Cl)cccc2Cl)nc2c(c1-c1ccc[nH]1)CCCCC2. The standard InChI is InChI=1S/C23H20Cl2N4OS/c24-16-7-4-8-17(25)22(16)29-20(30)13-31-23-15(12-26)21(19-10-5-11-27-19)14-6-2-1-3-9-18(14)28-23/h4-5,7-8,10-11,27H,1-3,6,9,13H2,(H,29,30). The molecule has 1 amide bonds. The molecule has 1 aliphatic rings. The van der Waals surface area contributed by atoms with E-state index in [0.29, 0.717) is 26.3 Å². The second kappa shape index (κ2) is 9.78. The van der Waals surface area contributed by atoms with Gasteiger partial charge in [-0.1, -0.05) is 47.5 Å². The molecule has 8 heteroatoms. The van der Waals surface area contributed by atoms with Crippen LogP contribution in [0.25, 0.3) is 11.3 Å². The van der Waals surface area contributed by atoms with Crippen molar-refractivity contribution in [3.05, 3.63) is 63.4 Å². The third kappa shape index (κ3) is 4.74. The molecule has 0 aliphatic heterocycles. The number of aromatic amines is 1. The number of nitrogens with one attached hydrogen (secondary N) is 2. The predicted molar refractivity (Wildman–Crippen MR) is 126 cm³/mol. The molecule has 2 heterocycles. The number of thioether (sulfide) groups is 1. The van der Waals surface area contributed by atoms with Crippen LogP contribution in [-0.4, -0.2) is 21.6 Å². The van der Waals surface area contributed by atoms with Crippen LogP contribution in [0.5, 0.6) is 0 Å². The minimum Gasteiger partial charge on any atom is -0.361 e. The number of halogens is 2. The molecule has 2 aromatic heterocycles. The smallest absolute Gasteiger partial charge is 0.234 e. The Labute approximate surface area is 195 Å². The van der Waals surface area contributed by atoms with Crippen LogP contribution >= 0.6 is 35.0 Å². The van der Waals surface area contributed by atoms with E-state index in [1.54, 1.807) is 18.2 Å². The molecule has 0 bridgehead atoms. The third-order valence-corrected chi connectivity index (χ3v) is 6.84. The molecule has 0 radical (unpaired) electrons. The van der Waals surface area contributed by atoms with Gasteiger partial charge in [0, 0.05) is 23.1 Å². The van der Waals surface area contributed by atoms with E-state index in [1.807, 2.05) is 18.3 Å². The Bertz CT molecular complexity index is 1140. The molecule has 0 unspecified atom stereocenters. The maximum absolute atomic E-state index is 12.6. The fourth-order valence-corrected chi connectivity index (χ4v) is 5.11. The molecular weight excluding hydrogens is 451 g/mol. The van der Waals surface area contributed by atoms with Crippen molar-refractivity contribution in [3.63, 3.8) is 0 Å². The lowest BCUT2D eigenvalue weighted by Crippen LogP contribution is -2.15. The first-order chi connectivity index (χ1) is 15.1. The number of carbonyl (C=O) groups is 1. The highest BCUT2D eigenvalue weighted by Crippen LogP contribution is 2.37. The number of amides is 1. The molecule has 5 nitrogen and oxygen atoms in total. The van der Waals surface area contributed by atoms with E-state index in [4.69, 9.17) is 28.2 Å². The molecule has 0 saturated heterocycles. The van der Waals surface area contributed by atoms with Gasteiger partial charge in [-0.25, -0.2) is 4.98 Å². The minimum absolute atomic E-state index is 0.0895. The number of H-pyrrole nitrogens is 1. The zero-order valence-corrected chi connectivity index (χ0v) is 19.0. The van der Waals surface area contributed by atoms with Crippen LogP contribution < -0.4 is 5.32 Å². The van der Waals surface area contributed by atoms with Crippen molar-refractivity contribution < 1.29 is 4.79 Å². The van der Waals surface area contributed by atoms with Gasteiger partial charge in [-0.05, 0) is 55.5 Å². The summed E-state index contributed by atoms with van der Waals surface area (Å²) in [7, 11) is 0. The Hall–Kier alpha value is -2.46. The summed E-state index contributed by atoms with van der Waals surface area (Å²) in [5, 5.41) is 14.1. The van der Waals surface area contributed by atoms with Crippen LogP contribution in [-0.2, 0) is 17.6 Å². The molecule has 1 aromatic carbocycles. The summed E-state index contributed by atoms with van der Waals surface area (Å²) in [6.07, 6.45) is 6.94. The van der Waals surface area contributed by atoms with E-state index in [9.17, 15) is 10.1 Å². The van der Waals surface area contributed by atoms with Crippen molar-refractivity contribution >= 4 is 46.6 Å². The maximum atomic E-state index is 12.6. The summed E-state index contributed by atoms with van der Waals surface area (Å²) in [6, 6.07) is 11.3. The van der Waals surface area contributed by atoms with Crippen molar-refractivity contribution in [2.75, 3.05) is 11.1 Å². The summed E-state index contributed by atoms with van der Waals surface area (Å²) in [4.78, 5) is 20.6. The number of anilines is 1. The van der Waals surface area contributed by atoms with E-state index < -0.39 is 0 Å². The fourth-order valence-electron chi connectivity index (χ4n) is 3.81. The van der Waals surface area contributed by atoms with Gasteiger partial charge in [0.15, 0.2) is 0 Å². The third-order valence-electron chi connectivity index (χ3n) is 5.24. The molecule has 2 N–H and O–H groups in total. The zero-order chi connectivity index (χ0) is 21.8. The van der Waals surface area contributed by atoms with Gasteiger partial charge in [0.05, 0.1) is 27.0 Å². The van der Waals surface area contributed by atoms with Crippen LogP contribution in [0.15, 0.2) is 41.6 Å². The Kier molecular flexibility index (Phi) is 6.86. The number of carbonyl (C=O) groups excluding carboxylic acids is 1. The van der Waals surface area contributed by atoms with Gasteiger partial charge in [0.1, 0.15) is 11.1 Å². The second-order valence-corrected chi connectivity index (χ2v) is 9.06. The quantitative estimate of drug-likeness (QED) is 0.340. The Morgan fingerprint density at radius 3 is 2.65 bits per heavy atom. The van der Waals surface area contributed by atoms with Crippen molar-refractivity contribution in [1.29, 1.82) is 5.26 Å². The van der Waals surface area contributed by atoms with Gasteiger partial charge in [-0.15, -0.1) is 0 Å². The molecular formula is C23H20Cl2N4OS. The number of aromatic nitrogens is 2. The monoisotopic (exact) mass is 470 g/mol. The molecule has 0 saturated carbocycles. The Morgan fingerprint density at radius 1 is 1.16 bits per heavy atom. The lowest BCUT2D eigenvalue weighted by molar-refractivity contribution is -0.113. The number of aryl methyl sites for hydroxylation is 1. The Balaban J connectivity index is 1.64. The summed E-state index contributed by atoms with van der Waals surface area (Å²) < 4.78 is 0. The number of nitrogens with zero attached hydrogens (tertiary/aromatic N) is 2. The number of fused-ring (bicyclic) bond motifs is 1. The molecule has 0 atom stereocenters. The van der Waals surface area contributed by atoms with Crippen molar-refractivity contribution in [1.82, 2.24) is 9.97 Å². The highest BCUT2D eigenvalue weighted by atomic mass is 35.5. The highest BCUT2D eigenvalue weighted by Gasteiger charge is 2.23. The molecule has 158 valence electrons. The summed E-state index contributed by atoms with van der Waals surface area (Å²) in [5.74, 6) is -0.173. The zero-order valence-electron chi connectivity index (χ0n) is 16.7. The number of pyridine rings is 1. The van der Waals surface area contributed by atoms with Crippen molar-refractivity contribution in [2.24, 2.45) is 0 Å². The van der Waals surface area contributed by atoms with Gasteiger partial charge >= 0.3 is 0 Å². The molecule has 4 rings (SSSR count). The predicted octanol–water partition coefficient (Wildman–Crippen LogP) is 6.25. The maximum Gasteiger partial charge on any atom is 0.234 e. The van der Waals surface area contributed by atoms with Gasteiger partial charge in [0.25, 0.3) is 0 Å². The van der Waals surface area contributed by atoms with E-state index in [2.05, 4.69) is 16.4 Å². The first kappa shape index (κ1) is 21.8. The Morgan fingerprint density at radius 2 is 1.94 bits per heavy atom. The number of hydrogen-bond acceptors (Lipinski definition) is 4. The van der Waals surface area contributed by atoms with Crippen molar-refractivity contribution in [2.45, 2.75) is 37.1 Å². The number of rotatable bonds is 5. The number of para-hydroxylation sites is 1. The van der Waals surface area contributed by atoms with Crippen LogP contribution in [0.4, 0.5) is 5.69 Å². The molecule has 0 fully saturated rings. The molecule has 1 aliphatic carbocycles. The number of benzene rings is 1. The summed E-state index contributed by atoms with van der Waals surface area (Å²) in [5.41, 5.74) is 4.89. The second-order valence-electron chi connectivity index (χ2n) is 7.28. The molecule has 0 spiro atoms. The minimum atomic E-state index is -0.262. The average molecular weight is 471 g/mol. The lowest BCUT2D eigenvalue weighted by Gasteiger charge is -2.16. The number of nitriles is 1. The van der Waals surface area contributed by atoms with Gasteiger partial charge in [0.2, 0.25) is 5.91 Å². The average Bonchev–Trinajstić information content (AvgIpc) is 3.19. The van der Waals surface area contributed by atoms with Crippen LogP contribution in [0.1, 0.15) is 36.1 Å². The van der Waals surface area contributed by atoms with Crippen LogP contribution in [0.3, 0.4) is 0 Å². The van der Waals surface area contributed by atoms with E-state index >= 15 is 0 Å². The molecule has 31 heavy (non-hydrogen) atoms. The normalized spacial score (nSPS) is 13.2. The fraction of sp³-hybridized carbons (Fsp3) is 0.261. The van der Waals surface area contributed by atoms with Gasteiger partial charge < -0.3 is 10.3 Å². The van der Waals surface area contributed by atoms with E-state index in [0.717, 1.165) is 54.6 Å². The van der Waals surface area contributed by atoms with E-state index in [-0.39, 0.29) is 11.7 Å². The topological polar surface area (TPSA) is 81.6 Å². The largest absolute Gasteiger partial charge is 0.361 e. The number of hydrogen-bond donors (Lipinski definition) is 2. The van der Waals surface area contributed by atoms with E-state index in [1.165, 1.54) is 11.8 Å². The van der Waals surface area contributed by atoms with Crippen LogP contribution in [0.2, 0.25) is 10.0 Å². The lowest BCUT2D eigenvalue weighted by atomic mass is 9.96. The first-order valence-corrected chi connectivity index (χ1v) is 11.8. The summed E-state index contributed by atoms with van der Waals surface area (Å²) >= 11 is 13.5. The molecule has 3 aromatic rings. The first-order valence-electron chi connectivity index (χ1n) is 10.0. The van der Waals surface area contributed by atoms with Gasteiger partial charge in [-0.3, -0.25) is 4.79 Å². The van der Waals surface area contributed by atoms with Crippen LogP contribution in [0, 0.1) is 11.3 Å². The highest BCUT2D eigenvalue weighted by molar-refractivity contribution is 8.00. The van der Waals surface area contributed by atoms with Gasteiger partial charge in [-0.2, -0.15) is 5.26 Å².